The van der Waals surface area contributed by atoms with E-state index in [0.29, 0.717) is 38.4 Å². The summed E-state index contributed by atoms with van der Waals surface area (Å²) in [6, 6.07) is 9.32. The van der Waals surface area contributed by atoms with Crippen LogP contribution in [0, 0.1) is 0 Å². The summed E-state index contributed by atoms with van der Waals surface area (Å²) in [7, 11) is 1.95. The molecule has 3 aromatic rings. The third kappa shape index (κ3) is 3.58. The molecule has 3 heterocycles. The maximum atomic E-state index is 12.7. The second kappa shape index (κ2) is 7.26. The molecule has 1 saturated heterocycles. The molecule has 2 amide bonds. The van der Waals surface area contributed by atoms with Crippen molar-refractivity contribution >= 4 is 22.8 Å². The van der Waals surface area contributed by atoms with Crippen molar-refractivity contribution in [3.05, 3.63) is 54.2 Å². The zero-order valence-corrected chi connectivity index (χ0v) is 15.3. The SMILES string of the molecule is Cn1cnc2cc(CC(=O)N3CCCN(C(=O)c4ccco4)CC3)ccc21. The predicted molar refractivity (Wildman–Crippen MR) is 100 cm³/mol. The van der Waals surface area contributed by atoms with E-state index in [0.717, 1.165) is 23.0 Å². The average molecular weight is 366 g/mol. The van der Waals surface area contributed by atoms with Crippen LogP contribution >= 0.6 is 0 Å². The van der Waals surface area contributed by atoms with Crippen LogP contribution in [-0.2, 0) is 18.3 Å². The van der Waals surface area contributed by atoms with Crippen molar-refractivity contribution < 1.29 is 14.0 Å². The highest BCUT2D eigenvalue weighted by atomic mass is 16.3. The Morgan fingerprint density at radius 1 is 1.11 bits per heavy atom. The van der Waals surface area contributed by atoms with Gasteiger partial charge in [-0.25, -0.2) is 4.98 Å². The van der Waals surface area contributed by atoms with Gasteiger partial charge in [-0.15, -0.1) is 0 Å². The Morgan fingerprint density at radius 3 is 2.74 bits per heavy atom. The monoisotopic (exact) mass is 366 g/mol. The van der Waals surface area contributed by atoms with E-state index in [4.69, 9.17) is 4.42 Å². The number of amides is 2. The Labute approximate surface area is 157 Å². The van der Waals surface area contributed by atoms with Crippen molar-refractivity contribution in [1.82, 2.24) is 19.4 Å². The number of imidazole rings is 1. The highest BCUT2D eigenvalue weighted by Gasteiger charge is 2.24. The first-order chi connectivity index (χ1) is 13.1. The van der Waals surface area contributed by atoms with E-state index < -0.39 is 0 Å². The van der Waals surface area contributed by atoms with E-state index in [2.05, 4.69) is 4.98 Å². The quantitative estimate of drug-likeness (QED) is 0.712. The van der Waals surface area contributed by atoms with Gasteiger partial charge in [0.05, 0.1) is 30.0 Å². The van der Waals surface area contributed by atoms with Gasteiger partial charge in [-0.05, 0) is 36.2 Å². The molecule has 0 radical (unpaired) electrons. The van der Waals surface area contributed by atoms with Gasteiger partial charge in [-0.1, -0.05) is 6.07 Å². The third-order valence-corrected chi connectivity index (χ3v) is 5.01. The number of hydrogen-bond donors (Lipinski definition) is 0. The van der Waals surface area contributed by atoms with Crippen LogP contribution in [0.5, 0.6) is 0 Å². The van der Waals surface area contributed by atoms with E-state index in [1.165, 1.54) is 6.26 Å². The number of aryl methyl sites for hydroxylation is 1. The highest BCUT2D eigenvalue weighted by Crippen LogP contribution is 2.16. The lowest BCUT2D eigenvalue weighted by molar-refractivity contribution is -0.130. The number of benzene rings is 1. The van der Waals surface area contributed by atoms with Gasteiger partial charge in [0.1, 0.15) is 0 Å². The molecule has 0 bridgehead atoms. The first-order valence-electron chi connectivity index (χ1n) is 9.12. The molecule has 0 unspecified atom stereocenters. The molecule has 7 nitrogen and oxygen atoms in total. The number of furan rings is 1. The first-order valence-corrected chi connectivity index (χ1v) is 9.12. The molecule has 1 aromatic carbocycles. The highest BCUT2D eigenvalue weighted by molar-refractivity contribution is 5.91. The van der Waals surface area contributed by atoms with E-state index in [-0.39, 0.29) is 11.8 Å². The van der Waals surface area contributed by atoms with Crippen molar-refractivity contribution in [2.24, 2.45) is 7.05 Å². The predicted octanol–water partition coefficient (Wildman–Crippen LogP) is 2.08. The minimum absolute atomic E-state index is 0.0811. The van der Waals surface area contributed by atoms with Crippen LogP contribution in [0.2, 0.25) is 0 Å². The number of aromatic nitrogens is 2. The number of rotatable bonds is 3. The van der Waals surface area contributed by atoms with Gasteiger partial charge in [0.15, 0.2) is 5.76 Å². The molecule has 2 aromatic heterocycles. The topological polar surface area (TPSA) is 71.6 Å². The lowest BCUT2D eigenvalue weighted by Gasteiger charge is -2.21. The molecule has 0 spiro atoms. The van der Waals surface area contributed by atoms with Crippen LogP contribution in [0.15, 0.2) is 47.3 Å². The molecule has 1 aliphatic rings. The van der Waals surface area contributed by atoms with E-state index >= 15 is 0 Å². The molecule has 140 valence electrons. The second-order valence-corrected chi connectivity index (χ2v) is 6.86. The lowest BCUT2D eigenvalue weighted by Crippen LogP contribution is -2.37. The van der Waals surface area contributed by atoms with Crippen LogP contribution in [0.1, 0.15) is 22.5 Å². The number of nitrogens with zero attached hydrogens (tertiary/aromatic N) is 4. The summed E-state index contributed by atoms with van der Waals surface area (Å²) in [6.45, 7) is 2.34. The van der Waals surface area contributed by atoms with Gasteiger partial charge in [0.2, 0.25) is 5.91 Å². The van der Waals surface area contributed by atoms with Crippen LogP contribution in [-0.4, -0.2) is 57.3 Å². The summed E-state index contributed by atoms with van der Waals surface area (Å²) < 4.78 is 7.16. The lowest BCUT2D eigenvalue weighted by atomic mass is 10.1. The van der Waals surface area contributed by atoms with Crippen molar-refractivity contribution in [3.8, 4) is 0 Å². The van der Waals surface area contributed by atoms with Gasteiger partial charge < -0.3 is 18.8 Å². The zero-order chi connectivity index (χ0) is 18.8. The average Bonchev–Trinajstić information content (AvgIpc) is 3.25. The Morgan fingerprint density at radius 2 is 1.93 bits per heavy atom. The van der Waals surface area contributed by atoms with Crippen LogP contribution in [0.3, 0.4) is 0 Å². The first kappa shape index (κ1) is 17.3. The fraction of sp³-hybridized carbons (Fsp3) is 0.350. The Bertz CT molecular complexity index is 961. The fourth-order valence-corrected chi connectivity index (χ4v) is 3.50. The second-order valence-electron chi connectivity index (χ2n) is 6.86. The normalized spacial score (nSPS) is 15.1. The van der Waals surface area contributed by atoms with Crippen LogP contribution < -0.4 is 0 Å². The van der Waals surface area contributed by atoms with Crippen molar-refractivity contribution in [3.63, 3.8) is 0 Å². The maximum Gasteiger partial charge on any atom is 0.289 e. The molecule has 7 heteroatoms. The number of carbonyl (C=O) groups excluding carboxylic acids is 2. The smallest absolute Gasteiger partial charge is 0.289 e. The molecule has 1 fully saturated rings. The van der Waals surface area contributed by atoms with E-state index in [1.807, 2.05) is 34.7 Å². The number of fused-ring (bicyclic) bond motifs is 1. The van der Waals surface area contributed by atoms with Gasteiger partial charge in [-0.2, -0.15) is 0 Å². The van der Waals surface area contributed by atoms with Gasteiger partial charge in [0, 0.05) is 33.2 Å². The zero-order valence-electron chi connectivity index (χ0n) is 15.3. The maximum absolute atomic E-state index is 12.7. The van der Waals surface area contributed by atoms with Gasteiger partial charge >= 0.3 is 0 Å². The molecule has 1 aliphatic heterocycles. The van der Waals surface area contributed by atoms with E-state index in [1.54, 1.807) is 23.4 Å². The summed E-state index contributed by atoms with van der Waals surface area (Å²) >= 11 is 0. The third-order valence-electron chi connectivity index (χ3n) is 5.01. The largest absolute Gasteiger partial charge is 0.459 e. The van der Waals surface area contributed by atoms with Gasteiger partial charge in [-0.3, -0.25) is 9.59 Å². The Kier molecular flexibility index (Phi) is 4.66. The molecule has 27 heavy (non-hydrogen) atoms. The molecule has 0 aliphatic carbocycles. The Balaban J connectivity index is 1.39. The summed E-state index contributed by atoms with van der Waals surface area (Å²) in [4.78, 5) is 33.1. The number of carbonyl (C=O) groups is 2. The standard InChI is InChI=1S/C20H22N4O3/c1-22-14-21-16-12-15(5-6-17(16)22)13-19(25)23-7-3-8-24(10-9-23)20(26)18-4-2-11-27-18/h2,4-6,11-12,14H,3,7-10,13H2,1H3. The molecule has 4 rings (SSSR count). The summed E-state index contributed by atoms with van der Waals surface area (Å²) in [5, 5.41) is 0. The molecule has 0 atom stereocenters. The van der Waals surface area contributed by atoms with Crippen molar-refractivity contribution in [2.75, 3.05) is 26.2 Å². The minimum Gasteiger partial charge on any atom is -0.459 e. The Hall–Kier alpha value is -3.09. The summed E-state index contributed by atoms with van der Waals surface area (Å²) in [6.07, 6.45) is 4.38. The molecule has 0 N–H and O–H groups in total. The van der Waals surface area contributed by atoms with E-state index in [9.17, 15) is 9.59 Å². The molecule has 0 saturated carbocycles. The molecular weight excluding hydrogens is 344 g/mol. The van der Waals surface area contributed by atoms with Crippen molar-refractivity contribution in [1.29, 1.82) is 0 Å². The minimum atomic E-state index is -0.116. The summed E-state index contributed by atoms with van der Waals surface area (Å²) in [5.74, 6) is 0.311. The van der Waals surface area contributed by atoms with Crippen LogP contribution in [0.4, 0.5) is 0 Å². The van der Waals surface area contributed by atoms with Crippen molar-refractivity contribution in [2.45, 2.75) is 12.8 Å². The van der Waals surface area contributed by atoms with Crippen LogP contribution in [0.25, 0.3) is 11.0 Å². The van der Waals surface area contributed by atoms with Gasteiger partial charge in [0.25, 0.3) is 5.91 Å². The fourth-order valence-electron chi connectivity index (χ4n) is 3.50. The molecular formula is C20H22N4O3. The number of hydrogen-bond acceptors (Lipinski definition) is 4. The summed E-state index contributed by atoms with van der Waals surface area (Å²) in [5.41, 5.74) is 2.90.